The van der Waals surface area contributed by atoms with Crippen LogP contribution in [-0.4, -0.2) is 23.0 Å². The summed E-state index contributed by atoms with van der Waals surface area (Å²) in [6.07, 6.45) is 6.62. The van der Waals surface area contributed by atoms with E-state index in [0.29, 0.717) is 12.4 Å². The third-order valence-corrected chi connectivity index (χ3v) is 6.51. The number of halogens is 1. The van der Waals surface area contributed by atoms with Crippen LogP contribution in [-0.2, 0) is 16.2 Å². The van der Waals surface area contributed by atoms with Crippen LogP contribution in [0.3, 0.4) is 0 Å². The quantitative estimate of drug-likeness (QED) is 0.390. The van der Waals surface area contributed by atoms with Gasteiger partial charge in [0.2, 0.25) is 0 Å². The van der Waals surface area contributed by atoms with Crippen LogP contribution in [0.15, 0.2) is 70.3 Å². The number of rotatable bonds is 5. The van der Waals surface area contributed by atoms with E-state index in [1.807, 2.05) is 48.5 Å². The summed E-state index contributed by atoms with van der Waals surface area (Å²) in [6.45, 7) is 0.416. The van der Waals surface area contributed by atoms with Gasteiger partial charge in [-0.1, -0.05) is 52.3 Å². The van der Waals surface area contributed by atoms with E-state index in [1.54, 1.807) is 6.21 Å². The summed E-state index contributed by atoms with van der Waals surface area (Å²) < 4.78 is 6.96. The maximum absolute atomic E-state index is 12.8. The monoisotopic (exact) mass is 450 g/mol. The molecule has 1 heterocycles. The first-order valence-corrected chi connectivity index (χ1v) is 10.5. The maximum Gasteiger partial charge on any atom is 0.254 e. The highest BCUT2D eigenvalue weighted by Gasteiger charge is 2.59. The highest BCUT2D eigenvalue weighted by atomic mass is 79.9. The van der Waals surface area contributed by atoms with E-state index in [4.69, 9.17) is 4.74 Å². The third kappa shape index (κ3) is 3.21. The van der Waals surface area contributed by atoms with Gasteiger partial charge in [0.05, 0.1) is 18.1 Å². The molecule has 2 fully saturated rings. The Kier molecular flexibility index (Phi) is 4.59. The predicted molar refractivity (Wildman–Crippen MR) is 112 cm³/mol. The minimum Gasteiger partial charge on any atom is -0.488 e. The molecule has 1 saturated heterocycles. The lowest BCUT2D eigenvalue weighted by Gasteiger charge is -2.13. The summed E-state index contributed by atoms with van der Waals surface area (Å²) >= 11 is 3.42. The first kappa shape index (κ1) is 18.3. The molecule has 3 aliphatic rings. The van der Waals surface area contributed by atoms with Gasteiger partial charge in [-0.15, -0.1) is 0 Å². The van der Waals surface area contributed by atoms with Crippen molar-refractivity contribution in [1.82, 2.24) is 5.01 Å². The second-order valence-electron chi connectivity index (χ2n) is 7.69. The van der Waals surface area contributed by atoms with E-state index in [1.165, 1.54) is 0 Å². The van der Waals surface area contributed by atoms with Crippen molar-refractivity contribution in [3.8, 4) is 5.75 Å². The van der Waals surface area contributed by atoms with Crippen LogP contribution < -0.4 is 4.74 Å². The molecule has 2 aromatic rings. The lowest BCUT2D eigenvalue weighted by molar-refractivity contribution is -0.140. The van der Waals surface area contributed by atoms with Crippen molar-refractivity contribution < 1.29 is 14.3 Å². The number of para-hydroxylation sites is 1. The van der Waals surface area contributed by atoms with Gasteiger partial charge in [-0.25, -0.2) is 0 Å². The Labute approximate surface area is 177 Å². The van der Waals surface area contributed by atoms with E-state index >= 15 is 0 Å². The smallest absolute Gasteiger partial charge is 0.254 e. The normalized spacial score (nSPS) is 27.3. The second-order valence-corrected chi connectivity index (χ2v) is 8.60. The number of nitrogens with zero attached hydrogens (tertiary/aromatic N) is 2. The van der Waals surface area contributed by atoms with Gasteiger partial charge in [0, 0.05) is 10.0 Å². The van der Waals surface area contributed by atoms with Crippen LogP contribution in [0.5, 0.6) is 5.75 Å². The molecule has 6 heteroatoms. The Hall–Kier alpha value is -2.73. The fourth-order valence-corrected chi connectivity index (χ4v) is 4.85. The number of benzene rings is 2. The molecule has 2 aromatic carbocycles. The van der Waals surface area contributed by atoms with Crippen molar-refractivity contribution in [2.45, 2.75) is 13.0 Å². The molecule has 5 rings (SSSR count). The minimum atomic E-state index is -0.237. The zero-order chi connectivity index (χ0) is 20.0. The number of hydrogen-bond acceptors (Lipinski definition) is 4. The van der Waals surface area contributed by atoms with Crippen LogP contribution in [0.2, 0.25) is 0 Å². The van der Waals surface area contributed by atoms with E-state index in [0.717, 1.165) is 27.0 Å². The topological polar surface area (TPSA) is 59.0 Å². The number of carbonyl (C=O) groups excluding carboxylic acids is 2. The van der Waals surface area contributed by atoms with Crippen LogP contribution in [0.1, 0.15) is 17.5 Å². The van der Waals surface area contributed by atoms with Crippen molar-refractivity contribution in [1.29, 1.82) is 0 Å². The summed E-state index contributed by atoms with van der Waals surface area (Å²) in [6, 6.07) is 15.4. The van der Waals surface area contributed by atoms with Gasteiger partial charge in [0.1, 0.15) is 12.4 Å². The summed E-state index contributed by atoms with van der Waals surface area (Å²) in [5.41, 5.74) is 1.77. The minimum absolute atomic E-state index is 0.179. The summed E-state index contributed by atoms with van der Waals surface area (Å²) in [4.78, 5) is 25.5. The lowest BCUT2D eigenvalue weighted by Crippen LogP contribution is -2.28. The Morgan fingerprint density at radius 1 is 1.00 bits per heavy atom. The molecule has 2 aliphatic carbocycles. The Morgan fingerprint density at radius 3 is 2.34 bits per heavy atom. The van der Waals surface area contributed by atoms with Crippen LogP contribution >= 0.6 is 15.9 Å². The van der Waals surface area contributed by atoms with Crippen LogP contribution in [0.25, 0.3) is 0 Å². The summed E-state index contributed by atoms with van der Waals surface area (Å²) in [5.74, 6) is 0.186. The molecule has 29 heavy (non-hydrogen) atoms. The molecule has 2 bridgehead atoms. The van der Waals surface area contributed by atoms with Gasteiger partial charge < -0.3 is 4.74 Å². The maximum atomic E-state index is 12.8. The van der Waals surface area contributed by atoms with Gasteiger partial charge in [-0.3, -0.25) is 9.59 Å². The first-order chi connectivity index (χ1) is 14.1. The molecular weight excluding hydrogens is 432 g/mol. The van der Waals surface area contributed by atoms with E-state index < -0.39 is 0 Å². The molecule has 1 aliphatic heterocycles. The Balaban J connectivity index is 1.32. The van der Waals surface area contributed by atoms with Crippen molar-refractivity contribution in [3.05, 3.63) is 76.3 Å². The summed E-state index contributed by atoms with van der Waals surface area (Å²) in [7, 11) is 0. The molecular formula is C23H19BrN2O3. The number of amides is 2. The van der Waals surface area contributed by atoms with E-state index in [-0.39, 0.29) is 35.5 Å². The second kappa shape index (κ2) is 7.26. The molecule has 5 nitrogen and oxygen atoms in total. The fourth-order valence-electron chi connectivity index (χ4n) is 4.58. The zero-order valence-electron chi connectivity index (χ0n) is 15.6. The molecule has 1 saturated carbocycles. The van der Waals surface area contributed by atoms with Gasteiger partial charge in [-0.2, -0.15) is 10.1 Å². The van der Waals surface area contributed by atoms with Gasteiger partial charge >= 0.3 is 0 Å². The molecule has 146 valence electrons. The number of imide groups is 1. The lowest BCUT2D eigenvalue weighted by atomic mass is 9.85. The van der Waals surface area contributed by atoms with Crippen molar-refractivity contribution >= 4 is 34.0 Å². The zero-order valence-corrected chi connectivity index (χ0v) is 17.2. The van der Waals surface area contributed by atoms with Crippen molar-refractivity contribution in [2.75, 3.05) is 0 Å². The van der Waals surface area contributed by atoms with Gasteiger partial charge in [-0.05, 0) is 48.1 Å². The molecule has 4 unspecified atom stereocenters. The predicted octanol–water partition coefficient (Wildman–Crippen LogP) is 4.17. The third-order valence-electron chi connectivity index (χ3n) is 5.99. The summed E-state index contributed by atoms with van der Waals surface area (Å²) in [5, 5.41) is 5.32. The molecule has 0 aromatic heterocycles. The molecule has 0 N–H and O–H groups in total. The standard InChI is InChI=1S/C23H19BrN2O3/c24-18-9-5-14(6-10-18)13-29-19-4-2-1-3-17(19)12-25-26-22(27)20-15-7-8-16(11-15)21(20)23(26)28/h1-10,12,15-16,20-21H,11,13H2/b25-12+. The Morgan fingerprint density at radius 2 is 1.66 bits per heavy atom. The average molecular weight is 451 g/mol. The number of hydrogen-bond donors (Lipinski definition) is 0. The van der Waals surface area contributed by atoms with Crippen LogP contribution in [0.4, 0.5) is 0 Å². The number of allylic oxidation sites excluding steroid dienone is 2. The van der Waals surface area contributed by atoms with Crippen molar-refractivity contribution in [3.63, 3.8) is 0 Å². The van der Waals surface area contributed by atoms with E-state index in [9.17, 15) is 9.59 Å². The molecule has 4 atom stereocenters. The average Bonchev–Trinajstić information content (AvgIpc) is 3.41. The number of ether oxygens (including phenoxy) is 1. The number of fused-ring (bicyclic) bond motifs is 5. The SMILES string of the molecule is O=C1C2C3C=CC(C3)C2C(=O)N1/N=C/c1ccccc1OCc1ccc(Br)cc1. The van der Waals surface area contributed by atoms with E-state index in [2.05, 4.69) is 33.2 Å². The Bertz CT molecular complexity index is 1000. The van der Waals surface area contributed by atoms with Gasteiger partial charge in [0.15, 0.2) is 0 Å². The highest BCUT2D eigenvalue weighted by molar-refractivity contribution is 9.10. The fraction of sp³-hybridized carbons (Fsp3) is 0.261. The molecule has 0 spiro atoms. The largest absolute Gasteiger partial charge is 0.488 e. The van der Waals surface area contributed by atoms with Gasteiger partial charge in [0.25, 0.3) is 11.8 Å². The molecule has 2 amide bonds. The first-order valence-electron chi connectivity index (χ1n) is 9.68. The molecule has 0 radical (unpaired) electrons. The van der Waals surface area contributed by atoms with Crippen molar-refractivity contribution in [2.24, 2.45) is 28.8 Å². The number of hydrazone groups is 1. The highest BCUT2D eigenvalue weighted by Crippen LogP contribution is 2.52. The number of carbonyl (C=O) groups is 2. The van der Waals surface area contributed by atoms with Crippen LogP contribution in [0, 0.1) is 23.7 Å².